The highest BCUT2D eigenvalue weighted by Gasteiger charge is 2.07. The third-order valence-corrected chi connectivity index (χ3v) is 0.852. The summed E-state index contributed by atoms with van der Waals surface area (Å²) in [4.78, 5) is 13.2. The standard InChI is InChI=1S/C5H3FN2O2/c6-10-5(9)4-2-1-3-7-8-4/h1-3H. The number of hydrogen-bond acceptors (Lipinski definition) is 4. The summed E-state index contributed by atoms with van der Waals surface area (Å²) in [5, 5.41) is 6.62. The van der Waals surface area contributed by atoms with E-state index in [2.05, 4.69) is 15.1 Å². The monoisotopic (exact) mass is 142 g/mol. The molecule has 0 aliphatic rings. The second-order valence-corrected chi connectivity index (χ2v) is 1.47. The molecule has 1 aromatic rings. The first-order valence-electron chi connectivity index (χ1n) is 2.45. The topological polar surface area (TPSA) is 52.1 Å². The molecule has 0 unspecified atom stereocenters. The van der Waals surface area contributed by atoms with E-state index in [-0.39, 0.29) is 5.69 Å². The molecule has 0 saturated heterocycles. The quantitative estimate of drug-likeness (QED) is 0.573. The summed E-state index contributed by atoms with van der Waals surface area (Å²) in [6.45, 7) is 0. The molecule has 52 valence electrons. The van der Waals surface area contributed by atoms with Gasteiger partial charge in [0, 0.05) is 10.7 Å². The first kappa shape index (κ1) is 6.60. The minimum atomic E-state index is -1.13. The van der Waals surface area contributed by atoms with Crippen LogP contribution < -0.4 is 0 Å². The Balaban J connectivity index is 2.85. The summed E-state index contributed by atoms with van der Waals surface area (Å²) in [7, 11) is 0. The fourth-order valence-electron chi connectivity index (χ4n) is 0.450. The van der Waals surface area contributed by atoms with E-state index in [0.717, 1.165) is 0 Å². The van der Waals surface area contributed by atoms with Crippen LogP contribution in [0.5, 0.6) is 0 Å². The molecule has 0 spiro atoms. The summed E-state index contributed by atoms with van der Waals surface area (Å²) in [6, 6.07) is 2.76. The highest BCUT2D eigenvalue weighted by atomic mass is 19.3. The number of carbonyl (C=O) groups is 1. The molecule has 0 N–H and O–H groups in total. The average molecular weight is 142 g/mol. The van der Waals surface area contributed by atoms with Gasteiger partial charge in [-0.1, -0.05) is 0 Å². The summed E-state index contributed by atoms with van der Waals surface area (Å²) in [5.41, 5.74) is -0.148. The van der Waals surface area contributed by atoms with Gasteiger partial charge < -0.3 is 0 Å². The Morgan fingerprint density at radius 1 is 1.70 bits per heavy atom. The smallest absolute Gasteiger partial charge is 0.247 e. The van der Waals surface area contributed by atoms with Gasteiger partial charge in [-0.15, -0.1) is 5.10 Å². The van der Waals surface area contributed by atoms with Crippen molar-refractivity contribution in [1.82, 2.24) is 10.2 Å². The highest BCUT2D eigenvalue weighted by Crippen LogP contribution is 1.93. The van der Waals surface area contributed by atoms with Crippen LogP contribution >= 0.6 is 0 Å². The number of carbonyl (C=O) groups excluding carboxylic acids is 1. The van der Waals surface area contributed by atoms with E-state index in [1.54, 1.807) is 0 Å². The maximum Gasteiger partial charge on any atom is 0.399 e. The zero-order valence-electron chi connectivity index (χ0n) is 4.82. The van der Waals surface area contributed by atoms with E-state index < -0.39 is 5.97 Å². The molecule has 1 aromatic heterocycles. The fourth-order valence-corrected chi connectivity index (χ4v) is 0.450. The number of rotatable bonds is 1. The number of hydrogen-bond donors (Lipinski definition) is 0. The number of nitrogens with zero attached hydrogens (tertiary/aromatic N) is 2. The van der Waals surface area contributed by atoms with Gasteiger partial charge in [0.15, 0.2) is 5.69 Å². The van der Waals surface area contributed by atoms with Gasteiger partial charge in [0.2, 0.25) is 0 Å². The highest BCUT2D eigenvalue weighted by molar-refractivity contribution is 5.86. The predicted molar refractivity (Wildman–Crippen MR) is 28.6 cm³/mol. The molecule has 0 radical (unpaired) electrons. The molecule has 0 saturated carbocycles. The normalized spacial score (nSPS) is 8.90. The largest absolute Gasteiger partial charge is 0.399 e. The molecule has 4 nitrogen and oxygen atoms in total. The van der Waals surface area contributed by atoms with Crippen molar-refractivity contribution in [1.29, 1.82) is 0 Å². The lowest BCUT2D eigenvalue weighted by Gasteiger charge is -1.88. The van der Waals surface area contributed by atoms with Crippen LogP contribution in [0, 0.1) is 0 Å². The molecular formula is C5H3FN2O2. The van der Waals surface area contributed by atoms with Crippen LogP contribution in [-0.2, 0) is 4.94 Å². The second-order valence-electron chi connectivity index (χ2n) is 1.47. The first-order valence-corrected chi connectivity index (χ1v) is 2.45. The van der Waals surface area contributed by atoms with Crippen molar-refractivity contribution in [3.8, 4) is 0 Å². The summed E-state index contributed by atoms with van der Waals surface area (Å²) >= 11 is 0. The molecule has 1 rings (SSSR count). The Bertz CT molecular complexity index is 226. The van der Waals surface area contributed by atoms with Gasteiger partial charge in [0.25, 0.3) is 0 Å². The fraction of sp³-hybridized carbons (Fsp3) is 0. The van der Waals surface area contributed by atoms with E-state index >= 15 is 0 Å². The van der Waals surface area contributed by atoms with Gasteiger partial charge >= 0.3 is 5.97 Å². The van der Waals surface area contributed by atoms with Gasteiger partial charge in [0.05, 0.1) is 0 Å². The molecule has 0 aliphatic heterocycles. The number of halogens is 1. The van der Waals surface area contributed by atoms with Gasteiger partial charge in [-0.2, -0.15) is 5.10 Å². The lowest BCUT2D eigenvalue weighted by molar-refractivity contribution is -0.0794. The van der Waals surface area contributed by atoms with Crippen molar-refractivity contribution in [2.75, 3.05) is 0 Å². The molecule has 1 heterocycles. The van der Waals surface area contributed by atoms with Crippen LogP contribution in [0.3, 0.4) is 0 Å². The third-order valence-electron chi connectivity index (χ3n) is 0.852. The van der Waals surface area contributed by atoms with Gasteiger partial charge in [-0.3, -0.25) is 0 Å². The third kappa shape index (κ3) is 1.25. The Kier molecular flexibility index (Phi) is 1.89. The van der Waals surface area contributed by atoms with Gasteiger partial charge in [-0.25, -0.2) is 9.74 Å². The first-order chi connectivity index (χ1) is 4.84. The SMILES string of the molecule is O=C(OF)c1cccnn1. The molecule has 0 atom stereocenters. The Hall–Kier alpha value is -1.52. The maximum atomic E-state index is 11.2. The number of aromatic nitrogens is 2. The zero-order chi connectivity index (χ0) is 7.40. The van der Waals surface area contributed by atoms with Crippen LogP contribution in [0.25, 0.3) is 0 Å². The van der Waals surface area contributed by atoms with E-state index in [1.807, 2.05) is 0 Å². The van der Waals surface area contributed by atoms with Crippen LogP contribution in [0.1, 0.15) is 10.5 Å². The Morgan fingerprint density at radius 3 is 3.00 bits per heavy atom. The van der Waals surface area contributed by atoms with Crippen molar-refractivity contribution in [2.24, 2.45) is 0 Å². The molecule has 10 heavy (non-hydrogen) atoms. The molecular weight excluding hydrogens is 139 g/mol. The van der Waals surface area contributed by atoms with Gasteiger partial charge in [-0.05, 0) is 12.1 Å². The molecule has 0 aliphatic carbocycles. The zero-order valence-corrected chi connectivity index (χ0v) is 4.82. The molecule has 0 aromatic carbocycles. The minimum absolute atomic E-state index is 0.148. The molecule has 5 heteroatoms. The van der Waals surface area contributed by atoms with Crippen molar-refractivity contribution >= 4 is 5.97 Å². The van der Waals surface area contributed by atoms with Crippen molar-refractivity contribution in [2.45, 2.75) is 0 Å². The predicted octanol–water partition coefficient (Wildman–Crippen LogP) is 0.518. The van der Waals surface area contributed by atoms with E-state index in [1.165, 1.54) is 18.3 Å². The Labute approximate surface area is 55.5 Å². The van der Waals surface area contributed by atoms with E-state index in [9.17, 15) is 9.32 Å². The molecule has 0 bridgehead atoms. The lowest BCUT2D eigenvalue weighted by atomic mass is 10.4. The average Bonchev–Trinajstić information content (AvgIpc) is 2.05. The van der Waals surface area contributed by atoms with Crippen molar-refractivity contribution < 1.29 is 14.3 Å². The van der Waals surface area contributed by atoms with Crippen LogP contribution in [-0.4, -0.2) is 16.2 Å². The molecule has 0 fully saturated rings. The van der Waals surface area contributed by atoms with Crippen LogP contribution in [0.4, 0.5) is 4.53 Å². The van der Waals surface area contributed by atoms with Crippen LogP contribution in [0.2, 0.25) is 0 Å². The van der Waals surface area contributed by atoms with Crippen LogP contribution in [0.15, 0.2) is 18.3 Å². The van der Waals surface area contributed by atoms with E-state index in [4.69, 9.17) is 0 Å². The lowest BCUT2D eigenvalue weighted by Crippen LogP contribution is -2.02. The maximum absolute atomic E-state index is 11.2. The van der Waals surface area contributed by atoms with Gasteiger partial charge in [0.1, 0.15) is 0 Å². The van der Waals surface area contributed by atoms with E-state index in [0.29, 0.717) is 0 Å². The minimum Gasteiger partial charge on any atom is -0.247 e. The van der Waals surface area contributed by atoms with Crippen molar-refractivity contribution in [3.05, 3.63) is 24.0 Å². The van der Waals surface area contributed by atoms with Crippen molar-refractivity contribution in [3.63, 3.8) is 0 Å². The summed E-state index contributed by atoms with van der Waals surface area (Å²) < 4.78 is 11.2. The second kappa shape index (κ2) is 2.86. The molecule has 0 amide bonds. The summed E-state index contributed by atoms with van der Waals surface area (Å²) in [6.07, 6.45) is 1.37. The Morgan fingerprint density at radius 2 is 2.50 bits per heavy atom. The summed E-state index contributed by atoms with van der Waals surface area (Å²) in [5.74, 6) is -1.13.